The number of hydrogen-bond donors (Lipinski definition) is 2. The lowest BCUT2D eigenvalue weighted by Gasteiger charge is -2.22. The Kier molecular flexibility index (Phi) is 5.43. The van der Waals surface area contributed by atoms with Gasteiger partial charge < -0.3 is 5.32 Å². The van der Waals surface area contributed by atoms with E-state index < -0.39 is 21.5 Å². The van der Waals surface area contributed by atoms with Gasteiger partial charge in [-0.15, -0.1) is 0 Å². The molecule has 1 saturated carbocycles. The average molecular weight is 398 g/mol. The standard InChI is InChI=1S/C21H23N3O3S/c1-15-6-5-7-17(12-15)24-28(26,27)18-9-8-16(2)19(13-18)20(25)23-21(14-22)10-3-4-11-21/h5-9,12-13,24H,3-4,10-11H2,1-2H3,(H,23,25). The van der Waals surface area contributed by atoms with Crippen LogP contribution in [0.4, 0.5) is 5.69 Å². The van der Waals surface area contributed by atoms with Crippen molar-refractivity contribution in [2.45, 2.75) is 50.0 Å². The van der Waals surface area contributed by atoms with Crippen LogP contribution in [0.2, 0.25) is 0 Å². The molecule has 0 atom stereocenters. The second-order valence-corrected chi connectivity index (χ2v) is 8.99. The lowest BCUT2D eigenvalue weighted by molar-refractivity contribution is 0.0920. The van der Waals surface area contributed by atoms with E-state index in [2.05, 4.69) is 16.1 Å². The Labute approximate surface area is 165 Å². The summed E-state index contributed by atoms with van der Waals surface area (Å²) in [6, 6.07) is 13.7. The van der Waals surface area contributed by atoms with Gasteiger partial charge in [-0.1, -0.05) is 18.2 Å². The number of carbonyl (C=O) groups is 1. The Morgan fingerprint density at radius 2 is 1.82 bits per heavy atom. The molecule has 0 aromatic heterocycles. The van der Waals surface area contributed by atoms with Crippen molar-refractivity contribution in [3.05, 3.63) is 59.2 Å². The zero-order valence-electron chi connectivity index (χ0n) is 16.0. The number of anilines is 1. The van der Waals surface area contributed by atoms with Gasteiger partial charge in [0.05, 0.1) is 11.0 Å². The first-order chi connectivity index (χ1) is 13.2. The van der Waals surface area contributed by atoms with E-state index >= 15 is 0 Å². The molecule has 28 heavy (non-hydrogen) atoms. The zero-order chi connectivity index (χ0) is 20.4. The minimum atomic E-state index is -3.85. The van der Waals surface area contributed by atoms with E-state index in [1.807, 2.05) is 13.0 Å². The van der Waals surface area contributed by atoms with E-state index in [0.717, 1.165) is 18.4 Å². The van der Waals surface area contributed by atoms with Crippen LogP contribution in [0.25, 0.3) is 0 Å². The molecule has 1 aliphatic rings. The van der Waals surface area contributed by atoms with Crippen molar-refractivity contribution >= 4 is 21.6 Å². The zero-order valence-corrected chi connectivity index (χ0v) is 16.8. The number of rotatable bonds is 5. The second kappa shape index (κ2) is 7.64. The van der Waals surface area contributed by atoms with Crippen LogP contribution in [0, 0.1) is 25.2 Å². The molecule has 146 valence electrons. The maximum Gasteiger partial charge on any atom is 0.261 e. The quantitative estimate of drug-likeness (QED) is 0.804. The third kappa shape index (κ3) is 4.18. The SMILES string of the molecule is Cc1cccc(NS(=O)(=O)c2ccc(C)c(C(=O)NC3(C#N)CCCC3)c2)c1. The Bertz CT molecular complexity index is 1050. The van der Waals surface area contributed by atoms with E-state index in [9.17, 15) is 18.5 Å². The Hall–Kier alpha value is -2.85. The summed E-state index contributed by atoms with van der Waals surface area (Å²) in [7, 11) is -3.85. The fourth-order valence-electron chi connectivity index (χ4n) is 3.46. The first kappa shape index (κ1) is 19.9. The topological polar surface area (TPSA) is 99.1 Å². The van der Waals surface area contributed by atoms with Crippen LogP contribution in [0.1, 0.15) is 47.2 Å². The monoisotopic (exact) mass is 397 g/mol. The summed E-state index contributed by atoms with van der Waals surface area (Å²) in [5.74, 6) is -0.423. The molecular weight excluding hydrogens is 374 g/mol. The lowest BCUT2D eigenvalue weighted by Crippen LogP contribution is -2.45. The smallest absolute Gasteiger partial charge is 0.261 e. The van der Waals surface area contributed by atoms with Crippen LogP contribution in [0.5, 0.6) is 0 Å². The summed E-state index contributed by atoms with van der Waals surface area (Å²) in [6.07, 6.45) is 3.01. The highest BCUT2D eigenvalue weighted by molar-refractivity contribution is 7.92. The predicted octanol–water partition coefficient (Wildman–Crippen LogP) is 3.67. The highest BCUT2D eigenvalue weighted by Crippen LogP contribution is 2.29. The molecule has 3 rings (SSSR count). The Balaban J connectivity index is 1.88. The van der Waals surface area contributed by atoms with Crippen LogP contribution < -0.4 is 10.0 Å². The second-order valence-electron chi connectivity index (χ2n) is 7.31. The minimum absolute atomic E-state index is 0.00202. The van der Waals surface area contributed by atoms with E-state index in [0.29, 0.717) is 24.1 Å². The molecule has 0 spiro atoms. The van der Waals surface area contributed by atoms with E-state index in [1.165, 1.54) is 12.1 Å². The summed E-state index contributed by atoms with van der Waals surface area (Å²) in [6.45, 7) is 3.62. The summed E-state index contributed by atoms with van der Waals surface area (Å²) < 4.78 is 28.1. The number of sulfonamides is 1. The van der Waals surface area contributed by atoms with Crippen LogP contribution in [-0.4, -0.2) is 19.9 Å². The maximum atomic E-state index is 12.8. The van der Waals surface area contributed by atoms with Crippen molar-refractivity contribution in [1.82, 2.24) is 5.32 Å². The van der Waals surface area contributed by atoms with Crippen LogP contribution >= 0.6 is 0 Å². The molecule has 2 aromatic carbocycles. The normalized spacial score (nSPS) is 15.6. The number of benzene rings is 2. The third-order valence-electron chi connectivity index (χ3n) is 5.06. The average Bonchev–Trinajstić information content (AvgIpc) is 3.10. The van der Waals surface area contributed by atoms with Gasteiger partial charge in [0.15, 0.2) is 0 Å². The number of nitrogens with zero attached hydrogens (tertiary/aromatic N) is 1. The van der Waals surface area contributed by atoms with Gasteiger partial charge in [-0.25, -0.2) is 8.42 Å². The van der Waals surface area contributed by atoms with Gasteiger partial charge in [-0.2, -0.15) is 5.26 Å². The molecule has 6 nitrogen and oxygen atoms in total. The maximum absolute atomic E-state index is 12.8. The molecule has 2 N–H and O–H groups in total. The van der Waals surface area contributed by atoms with E-state index in [4.69, 9.17) is 0 Å². The number of amides is 1. The van der Waals surface area contributed by atoms with Gasteiger partial charge in [0.1, 0.15) is 5.54 Å². The van der Waals surface area contributed by atoms with Gasteiger partial charge in [0.25, 0.3) is 15.9 Å². The van der Waals surface area contributed by atoms with Crippen LogP contribution in [-0.2, 0) is 10.0 Å². The third-order valence-corrected chi connectivity index (χ3v) is 6.44. The number of nitriles is 1. The number of carbonyl (C=O) groups excluding carboxylic acids is 1. The first-order valence-electron chi connectivity index (χ1n) is 9.19. The van der Waals surface area contributed by atoms with Crippen molar-refractivity contribution < 1.29 is 13.2 Å². The summed E-state index contributed by atoms with van der Waals surface area (Å²) in [4.78, 5) is 12.8. The van der Waals surface area contributed by atoms with Gasteiger partial charge in [-0.3, -0.25) is 9.52 Å². The van der Waals surface area contributed by atoms with Gasteiger partial charge >= 0.3 is 0 Å². The fourth-order valence-corrected chi connectivity index (χ4v) is 4.54. The van der Waals surface area contributed by atoms with Gasteiger partial charge in [0, 0.05) is 11.3 Å². The molecule has 7 heteroatoms. The molecule has 1 fully saturated rings. The van der Waals surface area contributed by atoms with Crippen molar-refractivity contribution in [2.24, 2.45) is 0 Å². The molecule has 0 aliphatic heterocycles. The molecule has 0 radical (unpaired) electrons. The molecule has 0 saturated heterocycles. The molecule has 1 amide bonds. The summed E-state index contributed by atoms with van der Waals surface area (Å²) in [5, 5.41) is 12.3. The molecule has 0 heterocycles. The fraction of sp³-hybridized carbons (Fsp3) is 0.333. The number of nitrogens with one attached hydrogen (secondary N) is 2. The lowest BCUT2D eigenvalue weighted by atomic mass is 9.98. The summed E-state index contributed by atoms with van der Waals surface area (Å²) >= 11 is 0. The minimum Gasteiger partial charge on any atom is -0.334 e. The molecule has 2 aromatic rings. The van der Waals surface area contributed by atoms with Crippen molar-refractivity contribution in [2.75, 3.05) is 4.72 Å². The highest BCUT2D eigenvalue weighted by Gasteiger charge is 2.36. The van der Waals surface area contributed by atoms with Gasteiger partial charge in [0.2, 0.25) is 0 Å². The molecule has 0 unspecified atom stereocenters. The van der Waals surface area contributed by atoms with Crippen LogP contribution in [0.3, 0.4) is 0 Å². The molecule has 0 bridgehead atoms. The van der Waals surface area contributed by atoms with Crippen molar-refractivity contribution in [3.8, 4) is 6.07 Å². The summed E-state index contributed by atoms with van der Waals surface area (Å²) in [5.41, 5.74) is 1.44. The predicted molar refractivity (Wildman–Crippen MR) is 107 cm³/mol. The molecular formula is C21H23N3O3S. The van der Waals surface area contributed by atoms with Gasteiger partial charge in [-0.05, 0) is 74.9 Å². The first-order valence-corrected chi connectivity index (χ1v) is 10.7. The van der Waals surface area contributed by atoms with Crippen LogP contribution in [0.15, 0.2) is 47.4 Å². The van der Waals surface area contributed by atoms with E-state index in [-0.39, 0.29) is 10.5 Å². The largest absolute Gasteiger partial charge is 0.334 e. The number of aryl methyl sites for hydroxylation is 2. The van der Waals surface area contributed by atoms with E-state index in [1.54, 1.807) is 31.2 Å². The van der Waals surface area contributed by atoms with Crippen molar-refractivity contribution in [1.29, 1.82) is 5.26 Å². The number of hydrogen-bond acceptors (Lipinski definition) is 4. The Morgan fingerprint density at radius 3 is 2.46 bits per heavy atom. The highest BCUT2D eigenvalue weighted by atomic mass is 32.2. The molecule has 1 aliphatic carbocycles. The Morgan fingerprint density at radius 1 is 1.11 bits per heavy atom. The van der Waals surface area contributed by atoms with Crippen molar-refractivity contribution in [3.63, 3.8) is 0 Å².